The van der Waals surface area contributed by atoms with Crippen LogP contribution in [0.25, 0.3) is 0 Å². The highest BCUT2D eigenvalue weighted by atomic mass is 79.9. The predicted octanol–water partition coefficient (Wildman–Crippen LogP) is 4.70. The van der Waals surface area contributed by atoms with E-state index in [1.54, 1.807) is 0 Å². The molecule has 2 aliphatic heterocycles. The molecule has 4 rings (SSSR count). The maximum Gasteiger partial charge on any atom is 0.230 e. The highest BCUT2D eigenvalue weighted by Crippen LogP contribution is 2.46. The third-order valence-corrected chi connectivity index (χ3v) is 6.53. The summed E-state index contributed by atoms with van der Waals surface area (Å²) in [7, 11) is 2.15. The summed E-state index contributed by atoms with van der Waals surface area (Å²) >= 11 is 9.43. The molecule has 2 aliphatic rings. The van der Waals surface area contributed by atoms with Gasteiger partial charge in [0, 0.05) is 17.1 Å². The number of carbonyl (C=O) groups is 1. The number of hydrogen-bond donors (Lipinski definition) is 1. The lowest BCUT2D eigenvalue weighted by molar-refractivity contribution is -0.124. The predicted molar refractivity (Wildman–Crippen MR) is 107 cm³/mol. The van der Waals surface area contributed by atoms with Gasteiger partial charge in [-0.1, -0.05) is 29.8 Å². The smallest absolute Gasteiger partial charge is 0.230 e. The number of fused-ring (bicyclic) bond motifs is 2. The molecule has 2 fully saturated rings. The highest BCUT2D eigenvalue weighted by Gasteiger charge is 2.49. The third kappa shape index (κ3) is 3.40. The van der Waals surface area contributed by atoms with Gasteiger partial charge < -0.3 is 5.32 Å². The number of aromatic nitrogens is 1. The van der Waals surface area contributed by atoms with Gasteiger partial charge in [0.15, 0.2) is 0 Å². The maximum atomic E-state index is 13.2. The van der Waals surface area contributed by atoms with Crippen LogP contribution in [-0.2, 0) is 4.79 Å². The monoisotopic (exact) mass is 433 g/mol. The van der Waals surface area contributed by atoms with Crippen LogP contribution in [0.4, 0.5) is 5.82 Å². The van der Waals surface area contributed by atoms with Crippen molar-refractivity contribution in [2.45, 2.75) is 37.3 Å². The van der Waals surface area contributed by atoms with Crippen LogP contribution in [0.2, 0.25) is 5.02 Å². The van der Waals surface area contributed by atoms with Gasteiger partial charge in [-0.15, -0.1) is 0 Å². The second kappa shape index (κ2) is 7.29. The Morgan fingerprint density at radius 2 is 2.00 bits per heavy atom. The molecule has 4 nitrogen and oxygen atoms in total. The minimum absolute atomic E-state index is 0.0488. The van der Waals surface area contributed by atoms with Gasteiger partial charge in [-0.25, -0.2) is 4.98 Å². The summed E-state index contributed by atoms with van der Waals surface area (Å²) in [5.74, 6) is 0.739. The third-order valence-electron chi connectivity index (χ3n) is 5.84. The van der Waals surface area contributed by atoms with Crippen molar-refractivity contribution in [1.29, 1.82) is 0 Å². The van der Waals surface area contributed by atoms with Crippen molar-refractivity contribution in [3.05, 3.63) is 57.7 Å². The summed E-state index contributed by atoms with van der Waals surface area (Å²) in [4.78, 5) is 20.0. The van der Waals surface area contributed by atoms with Gasteiger partial charge in [0.2, 0.25) is 5.91 Å². The van der Waals surface area contributed by atoms with Crippen molar-refractivity contribution in [3.63, 3.8) is 0 Å². The first-order valence-corrected chi connectivity index (χ1v) is 10.1. The van der Waals surface area contributed by atoms with E-state index in [4.69, 9.17) is 11.6 Å². The second-order valence-electron chi connectivity index (χ2n) is 7.22. The number of nitrogens with zero attached hydrogens (tertiary/aromatic N) is 2. The maximum absolute atomic E-state index is 13.2. The van der Waals surface area contributed by atoms with Crippen LogP contribution < -0.4 is 5.32 Å². The Kier molecular flexibility index (Phi) is 5.04. The molecule has 2 unspecified atom stereocenters. The van der Waals surface area contributed by atoms with E-state index in [9.17, 15) is 4.79 Å². The fourth-order valence-electron chi connectivity index (χ4n) is 4.56. The van der Waals surface area contributed by atoms with Crippen molar-refractivity contribution in [1.82, 2.24) is 9.88 Å². The molecule has 1 aromatic heterocycles. The Bertz CT molecular complexity index is 813. The molecule has 26 heavy (non-hydrogen) atoms. The topological polar surface area (TPSA) is 45.2 Å². The van der Waals surface area contributed by atoms with E-state index in [2.05, 4.69) is 50.3 Å². The molecule has 0 radical (unpaired) electrons. The molecule has 1 N–H and O–H groups in total. The quantitative estimate of drug-likeness (QED) is 0.712. The molecule has 136 valence electrons. The minimum Gasteiger partial charge on any atom is -0.310 e. The number of nitrogens with one attached hydrogen (secondary N) is 1. The van der Waals surface area contributed by atoms with Gasteiger partial charge in [-0.05, 0) is 78.0 Å². The number of rotatable bonds is 3. The molecule has 1 amide bonds. The first-order valence-electron chi connectivity index (χ1n) is 8.94. The SMILES string of the molecule is CN1C2CCC1[C@@H](C(=O)Nc1cccc(Br)n1)[C@@H](c1ccc(Cl)cc1)C2. The van der Waals surface area contributed by atoms with Crippen LogP contribution in [0.3, 0.4) is 0 Å². The molecule has 2 aromatic rings. The summed E-state index contributed by atoms with van der Waals surface area (Å²) in [6.07, 6.45) is 3.22. The Morgan fingerprint density at radius 1 is 1.23 bits per heavy atom. The van der Waals surface area contributed by atoms with E-state index in [1.807, 2.05) is 30.3 Å². The fraction of sp³-hybridized carbons (Fsp3) is 0.400. The van der Waals surface area contributed by atoms with Crippen molar-refractivity contribution < 1.29 is 4.79 Å². The van der Waals surface area contributed by atoms with Crippen molar-refractivity contribution in [2.24, 2.45) is 5.92 Å². The normalized spacial score (nSPS) is 28.1. The molecule has 1 aromatic carbocycles. The molecule has 6 heteroatoms. The largest absolute Gasteiger partial charge is 0.310 e. The Morgan fingerprint density at radius 3 is 2.73 bits per heavy atom. The van der Waals surface area contributed by atoms with Gasteiger partial charge in [0.25, 0.3) is 0 Å². The summed E-state index contributed by atoms with van der Waals surface area (Å²) in [6, 6.07) is 14.3. The van der Waals surface area contributed by atoms with E-state index < -0.39 is 0 Å². The fourth-order valence-corrected chi connectivity index (χ4v) is 5.03. The number of halogens is 2. The zero-order valence-electron chi connectivity index (χ0n) is 14.5. The standard InChI is InChI=1S/C20H21BrClN3O/c1-25-14-9-10-16(25)19(15(11-14)12-5-7-13(22)8-6-12)20(26)24-18-4-2-3-17(21)23-18/h2-8,14-16,19H,9-11H2,1H3,(H,23,24,26)/t14?,15-,16?,19+/m1/s1. The Labute approximate surface area is 167 Å². The lowest BCUT2D eigenvalue weighted by Crippen LogP contribution is -2.50. The number of carbonyl (C=O) groups excluding carboxylic acids is 1. The zero-order valence-corrected chi connectivity index (χ0v) is 16.9. The number of benzene rings is 1. The van der Waals surface area contributed by atoms with Crippen LogP contribution in [0.5, 0.6) is 0 Å². The first-order chi connectivity index (χ1) is 12.5. The molecule has 2 bridgehead atoms. The molecule has 0 spiro atoms. The molecule has 4 atom stereocenters. The number of piperidine rings is 1. The molecular formula is C20H21BrClN3O. The van der Waals surface area contributed by atoms with E-state index in [0.29, 0.717) is 16.5 Å². The highest BCUT2D eigenvalue weighted by molar-refractivity contribution is 9.10. The zero-order chi connectivity index (χ0) is 18.3. The van der Waals surface area contributed by atoms with Crippen LogP contribution in [-0.4, -0.2) is 34.9 Å². The van der Waals surface area contributed by atoms with Gasteiger partial charge in [-0.3, -0.25) is 9.69 Å². The van der Waals surface area contributed by atoms with Crippen LogP contribution in [0.15, 0.2) is 47.1 Å². The first kappa shape index (κ1) is 18.0. The number of hydrogen-bond acceptors (Lipinski definition) is 3. The Balaban J connectivity index is 1.64. The van der Waals surface area contributed by atoms with Crippen molar-refractivity contribution in [3.8, 4) is 0 Å². The summed E-state index contributed by atoms with van der Waals surface area (Å²) in [5.41, 5.74) is 1.20. The van der Waals surface area contributed by atoms with Crippen LogP contribution in [0.1, 0.15) is 30.7 Å². The van der Waals surface area contributed by atoms with E-state index in [1.165, 1.54) is 5.56 Å². The summed E-state index contributed by atoms with van der Waals surface area (Å²) in [6.45, 7) is 0. The average molecular weight is 435 g/mol. The molecule has 0 saturated carbocycles. The number of amides is 1. The lowest BCUT2D eigenvalue weighted by Gasteiger charge is -2.42. The molecule has 3 heterocycles. The van der Waals surface area contributed by atoms with Crippen LogP contribution >= 0.6 is 27.5 Å². The molecule has 2 saturated heterocycles. The van der Waals surface area contributed by atoms with Gasteiger partial charge in [0.1, 0.15) is 10.4 Å². The Hall–Kier alpha value is -1.43. The van der Waals surface area contributed by atoms with E-state index >= 15 is 0 Å². The van der Waals surface area contributed by atoms with Gasteiger partial charge in [0.05, 0.1) is 5.92 Å². The second-order valence-corrected chi connectivity index (χ2v) is 8.47. The van der Waals surface area contributed by atoms with Crippen molar-refractivity contribution >= 4 is 39.3 Å². The average Bonchev–Trinajstić information content (AvgIpc) is 2.85. The number of anilines is 1. The van der Waals surface area contributed by atoms with E-state index in [-0.39, 0.29) is 23.8 Å². The summed E-state index contributed by atoms with van der Waals surface area (Å²) in [5, 5.41) is 3.76. The van der Waals surface area contributed by atoms with Crippen LogP contribution in [0, 0.1) is 5.92 Å². The number of pyridine rings is 1. The van der Waals surface area contributed by atoms with E-state index in [0.717, 1.165) is 24.3 Å². The minimum atomic E-state index is -0.0966. The lowest BCUT2D eigenvalue weighted by atomic mass is 9.75. The van der Waals surface area contributed by atoms with Gasteiger partial charge >= 0.3 is 0 Å². The van der Waals surface area contributed by atoms with Crippen molar-refractivity contribution in [2.75, 3.05) is 12.4 Å². The molecule has 0 aliphatic carbocycles. The molecular weight excluding hydrogens is 414 g/mol. The summed E-state index contributed by atoms with van der Waals surface area (Å²) < 4.78 is 0.714. The van der Waals surface area contributed by atoms with Gasteiger partial charge in [-0.2, -0.15) is 0 Å².